The molecule has 2 atom stereocenters. The van der Waals surface area contributed by atoms with Crippen LogP contribution >= 0.6 is 15.9 Å². The fraction of sp³-hybridized carbons (Fsp3) is 0.300. The lowest BCUT2D eigenvalue weighted by Crippen LogP contribution is -2.37. The molecule has 6 nitrogen and oxygen atoms in total. The number of Topliss-reactive ketones (excluding diaryl/α,β-unsaturated/α-hetero) is 1. The molecule has 1 fully saturated rings. The van der Waals surface area contributed by atoms with Crippen molar-refractivity contribution in [2.45, 2.75) is 25.0 Å². The van der Waals surface area contributed by atoms with E-state index < -0.39 is 23.5 Å². The fourth-order valence-electron chi connectivity index (χ4n) is 3.65. The summed E-state index contributed by atoms with van der Waals surface area (Å²) < 4.78 is 11.7. The van der Waals surface area contributed by atoms with Gasteiger partial charge in [0.15, 0.2) is 11.5 Å². The molecule has 0 spiro atoms. The highest BCUT2D eigenvalue weighted by Crippen LogP contribution is 2.40. The van der Waals surface area contributed by atoms with E-state index in [1.54, 1.807) is 6.07 Å². The number of halogens is 1. The fourth-order valence-corrected chi connectivity index (χ4v) is 4.06. The molecule has 0 bridgehead atoms. The van der Waals surface area contributed by atoms with Crippen LogP contribution in [0.3, 0.4) is 0 Å². The van der Waals surface area contributed by atoms with Gasteiger partial charge in [-0.15, -0.1) is 0 Å². The first-order valence-corrected chi connectivity index (χ1v) is 9.55. The highest BCUT2D eigenvalue weighted by Gasteiger charge is 2.45. The summed E-state index contributed by atoms with van der Waals surface area (Å²) in [5, 5.41) is 10.5. The van der Waals surface area contributed by atoms with Gasteiger partial charge >= 0.3 is 0 Å². The molecule has 27 heavy (non-hydrogen) atoms. The number of amides is 1. The molecule has 0 aliphatic carbocycles. The molecule has 2 aromatic rings. The van der Waals surface area contributed by atoms with Crippen molar-refractivity contribution < 1.29 is 23.8 Å². The quantitative estimate of drug-likeness (QED) is 0.728. The summed E-state index contributed by atoms with van der Waals surface area (Å²) in [4.78, 5) is 27.3. The van der Waals surface area contributed by atoms with E-state index in [9.17, 15) is 14.7 Å². The van der Waals surface area contributed by atoms with Gasteiger partial charge in [-0.2, -0.15) is 0 Å². The third-order valence-corrected chi connectivity index (χ3v) is 5.38. The SMILES string of the molecule is O=C(C1=C(O)C(=O)N(CC2CCCO2)C1c1cccc(Br)c1)c1ccco1. The Morgan fingerprint density at radius 2 is 2.15 bits per heavy atom. The Morgan fingerprint density at radius 1 is 1.30 bits per heavy atom. The Bertz CT molecular complexity index is 899. The third-order valence-electron chi connectivity index (χ3n) is 4.88. The maximum atomic E-state index is 13.0. The number of aliphatic hydroxyl groups is 1. The lowest BCUT2D eigenvalue weighted by Gasteiger charge is -2.28. The van der Waals surface area contributed by atoms with Crippen molar-refractivity contribution in [2.75, 3.05) is 13.2 Å². The van der Waals surface area contributed by atoms with Crippen LogP contribution < -0.4 is 0 Å². The van der Waals surface area contributed by atoms with Crippen molar-refractivity contribution in [1.29, 1.82) is 0 Å². The van der Waals surface area contributed by atoms with Gasteiger partial charge in [-0.1, -0.05) is 28.1 Å². The zero-order valence-electron chi connectivity index (χ0n) is 14.4. The Morgan fingerprint density at radius 3 is 2.81 bits per heavy atom. The summed E-state index contributed by atoms with van der Waals surface area (Å²) in [6, 6.07) is 9.79. The van der Waals surface area contributed by atoms with Gasteiger partial charge in [-0.25, -0.2) is 0 Å². The summed E-state index contributed by atoms with van der Waals surface area (Å²) in [5.41, 5.74) is 0.765. The van der Waals surface area contributed by atoms with E-state index in [1.165, 1.54) is 17.2 Å². The molecule has 3 heterocycles. The van der Waals surface area contributed by atoms with Crippen molar-refractivity contribution in [1.82, 2.24) is 4.90 Å². The van der Waals surface area contributed by atoms with Crippen LogP contribution in [0.25, 0.3) is 0 Å². The predicted octanol–water partition coefficient (Wildman–Crippen LogP) is 3.80. The zero-order valence-corrected chi connectivity index (χ0v) is 16.0. The molecular weight excluding hydrogens is 414 g/mol. The predicted molar refractivity (Wildman–Crippen MR) is 100 cm³/mol. The second kappa shape index (κ2) is 7.32. The smallest absolute Gasteiger partial charge is 0.290 e. The number of hydrogen-bond acceptors (Lipinski definition) is 5. The first kappa shape index (κ1) is 18.0. The number of ether oxygens (including phenoxy) is 1. The molecule has 140 valence electrons. The van der Waals surface area contributed by atoms with Gasteiger partial charge in [0.2, 0.25) is 5.78 Å². The molecule has 1 N–H and O–H groups in total. The topological polar surface area (TPSA) is 80.0 Å². The number of carbonyl (C=O) groups is 2. The maximum absolute atomic E-state index is 13.0. The van der Waals surface area contributed by atoms with Crippen molar-refractivity contribution >= 4 is 27.6 Å². The van der Waals surface area contributed by atoms with Crippen LogP contribution in [0.15, 0.2) is 62.9 Å². The second-order valence-corrected chi connectivity index (χ2v) is 7.53. The molecule has 0 saturated carbocycles. The van der Waals surface area contributed by atoms with Crippen LogP contribution in [0, 0.1) is 0 Å². The number of benzene rings is 1. The molecule has 4 rings (SSSR count). The highest BCUT2D eigenvalue weighted by atomic mass is 79.9. The van der Waals surface area contributed by atoms with E-state index in [0.29, 0.717) is 13.2 Å². The van der Waals surface area contributed by atoms with E-state index in [-0.39, 0.29) is 17.4 Å². The summed E-state index contributed by atoms with van der Waals surface area (Å²) in [5.74, 6) is -1.50. The van der Waals surface area contributed by atoms with Crippen LogP contribution in [-0.4, -0.2) is 41.0 Å². The van der Waals surface area contributed by atoms with Gasteiger partial charge in [0.25, 0.3) is 5.91 Å². The van der Waals surface area contributed by atoms with Gasteiger partial charge < -0.3 is 19.2 Å². The number of hydrogen-bond donors (Lipinski definition) is 1. The Balaban J connectivity index is 1.76. The lowest BCUT2D eigenvalue weighted by molar-refractivity contribution is -0.131. The van der Waals surface area contributed by atoms with E-state index in [0.717, 1.165) is 22.9 Å². The van der Waals surface area contributed by atoms with E-state index in [1.807, 2.05) is 24.3 Å². The van der Waals surface area contributed by atoms with Gasteiger partial charge in [0.05, 0.1) is 24.0 Å². The van der Waals surface area contributed by atoms with Gasteiger partial charge in [0.1, 0.15) is 0 Å². The monoisotopic (exact) mass is 431 g/mol. The summed E-state index contributed by atoms with van der Waals surface area (Å²) in [6.07, 6.45) is 3.07. The number of ketones is 1. The third kappa shape index (κ3) is 3.33. The van der Waals surface area contributed by atoms with Crippen LogP contribution in [0.1, 0.15) is 35.0 Å². The number of carbonyl (C=O) groups excluding carboxylic acids is 2. The van der Waals surface area contributed by atoms with Crippen LogP contribution in [0.2, 0.25) is 0 Å². The Hall–Kier alpha value is -2.38. The maximum Gasteiger partial charge on any atom is 0.290 e. The first-order chi connectivity index (χ1) is 13.1. The van der Waals surface area contributed by atoms with E-state index in [4.69, 9.17) is 9.15 Å². The van der Waals surface area contributed by atoms with Gasteiger partial charge in [0, 0.05) is 17.6 Å². The summed E-state index contributed by atoms with van der Waals surface area (Å²) >= 11 is 3.43. The Labute approximate surface area is 164 Å². The standard InChI is InChI=1S/C20H18BrNO5/c21-13-5-1-4-12(10-13)17-16(18(23)15-7-3-9-27-15)19(24)20(25)22(17)11-14-6-2-8-26-14/h1,3-5,7,9-10,14,17,24H,2,6,8,11H2. The average Bonchev–Trinajstić information content (AvgIpc) is 3.40. The number of aliphatic hydroxyl groups excluding tert-OH is 1. The molecule has 1 saturated heterocycles. The first-order valence-electron chi connectivity index (χ1n) is 8.75. The zero-order chi connectivity index (χ0) is 19.0. The number of furan rings is 1. The summed E-state index contributed by atoms with van der Waals surface area (Å²) in [7, 11) is 0. The molecule has 2 unspecified atom stereocenters. The van der Waals surface area contributed by atoms with Crippen molar-refractivity contribution in [3.8, 4) is 0 Å². The molecule has 0 radical (unpaired) electrons. The van der Waals surface area contributed by atoms with Crippen molar-refractivity contribution in [3.63, 3.8) is 0 Å². The number of nitrogens with zero attached hydrogens (tertiary/aromatic N) is 1. The lowest BCUT2D eigenvalue weighted by atomic mass is 9.95. The molecule has 2 aliphatic heterocycles. The van der Waals surface area contributed by atoms with Crippen molar-refractivity contribution in [3.05, 3.63) is 69.8 Å². The molecule has 7 heteroatoms. The minimum atomic E-state index is -0.697. The number of rotatable bonds is 5. The van der Waals surface area contributed by atoms with Crippen molar-refractivity contribution in [2.24, 2.45) is 0 Å². The van der Waals surface area contributed by atoms with Gasteiger partial charge in [-0.05, 0) is 42.7 Å². The normalized spacial score (nSPS) is 22.7. The molecular formula is C20H18BrNO5. The van der Waals surface area contributed by atoms with Crippen LogP contribution in [0.4, 0.5) is 0 Å². The minimum absolute atomic E-state index is 0.0334. The van der Waals surface area contributed by atoms with E-state index >= 15 is 0 Å². The Kier molecular flexibility index (Phi) is 4.88. The molecule has 2 aliphatic rings. The molecule has 1 aromatic heterocycles. The van der Waals surface area contributed by atoms with E-state index in [2.05, 4.69) is 15.9 Å². The molecule has 1 aromatic carbocycles. The van der Waals surface area contributed by atoms with Gasteiger partial charge in [-0.3, -0.25) is 9.59 Å². The summed E-state index contributed by atoms with van der Waals surface area (Å²) in [6.45, 7) is 0.973. The largest absolute Gasteiger partial charge is 0.503 e. The van der Waals surface area contributed by atoms with Crippen LogP contribution in [-0.2, 0) is 9.53 Å². The van der Waals surface area contributed by atoms with Crippen LogP contribution in [0.5, 0.6) is 0 Å². The highest BCUT2D eigenvalue weighted by molar-refractivity contribution is 9.10. The average molecular weight is 432 g/mol. The minimum Gasteiger partial charge on any atom is -0.503 e. The molecule has 1 amide bonds. The second-order valence-electron chi connectivity index (χ2n) is 6.62.